The van der Waals surface area contributed by atoms with Gasteiger partial charge in [0.25, 0.3) is 5.91 Å². The normalized spacial score (nSPS) is 13.7. The number of carbonyl (C=O) groups is 1. The van der Waals surface area contributed by atoms with Crippen molar-refractivity contribution in [2.24, 2.45) is 0 Å². The van der Waals surface area contributed by atoms with Gasteiger partial charge in [-0.1, -0.05) is 22.7 Å². The lowest BCUT2D eigenvalue weighted by molar-refractivity contribution is 0.0955. The molecule has 3 aromatic rings. The molecule has 0 saturated heterocycles. The molecule has 1 amide bonds. The Bertz CT molecular complexity index is 986. The third-order valence-electron chi connectivity index (χ3n) is 4.29. The van der Waals surface area contributed by atoms with Gasteiger partial charge in [0.1, 0.15) is 10.7 Å². The summed E-state index contributed by atoms with van der Waals surface area (Å²) >= 11 is 1.06. The van der Waals surface area contributed by atoms with Crippen LogP contribution in [-0.2, 0) is 6.54 Å². The molecule has 2 aromatic heterocycles. The maximum absolute atomic E-state index is 12.8. The molecular weight excluding hydrogens is 352 g/mol. The molecule has 1 fully saturated rings. The third-order valence-corrected chi connectivity index (χ3v) is 5.11. The molecule has 1 aromatic carbocycles. The molecule has 1 N–H and O–H groups in total. The number of benzene rings is 1. The summed E-state index contributed by atoms with van der Waals surface area (Å²) in [6.07, 6.45) is 2.11. The average molecular weight is 370 g/mol. The van der Waals surface area contributed by atoms with E-state index in [1.165, 1.54) is 4.68 Å². The van der Waals surface area contributed by atoms with Crippen molar-refractivity contribution in [2.45, 2.75) is 32.2 Å². The van der Waals surface area contributed by atoms with E-state index in [0.717, 1.165) is 35.9 Å². The third kappa shape index (κ3) is 3.17. The molecule has 1 aliphatic rings. The summed E-state index contributed by atoms with van der Waals surface area (Å²) in [5, 5.41) is 11.1. The summed E-state index contributed by atoms with van der Waals surface area (Å²) < 4.78 is 6.86. The molecule has 134 valence electrons. The van der Waals surface area contributed by atoms with Gasteiger partial charge in [0, 0.05) is 12.5 Å². The first-order chi connectivity index (χ1) is 12.6. The van der Waals surface area contributed by atoms with E-state index >= 15 is 0 Å². The van der Waals surface area contributed by atoms with Crippen LogP contribution < -0.4 is 11.0 Å². The van der Waals surface area contributed by atoms with Crippen molar-refractivity contribution in [3.8, 4) is 5.69 Å². The predicted octanol–water partition coefficient (Wildman–Crippen LogP) is 1.50. The first kappa shape index (κ1) is 16.6. The van der Waals surface area contributed by atoms with Crippen molar-refractivity contribution >= 4 is 17.4 Å². The van der Waals surface area contributed by atoms with Gasteiger partial charge in [-0.05, 0) is 43.4 Å². The summed E-state index contributed by atoms with van der Waals surface area (Å²) in [6.45, 7) is 2.37. The van der Waals surface area contributed by atoms with Gasteiger partial charge in [0.2, 0.25) is 0 Å². The summed E-state index contributed by atoms with van der Waals surface area (Å²) in [5.74, 6) is 0.912. The van der Waals surface area contributed by atoms with Crippen LogP contribution in [0.3, 0.4) is 0 Å². The van der Waals surface area contributed by atoms with Gasteiger partial charge in [-0.2, -0.15) is 5.10 Å². The average Bonchev–Trinajstić information content (AvgIpc) is 3.32. The minimum atomic E-state index is -0.226. The molecule has 0 unspecified atom stereocenters. The van der Waals surface area contributed by atoms with E-state index in [0.29, 0.717) is 29.6 Å². The first-order valence-electron chi connectivity index (χ1n) is 8.47. The van der Waals surface area contributed by atoms with Gasteiger partial charge >= 0.3 is 5.69 Å². The maximum atomic E-state index is 12.8. The second-order valence-electron chi connectivity index (χ2n) is 6.25. The SMILES string of the molecule is Cc1nnsc1C(=O)NCCn1nc(C2CC2)n(-c2ccccc2)c1=O. The van der Waals surface area contributed by atoms with E-state index in [9.17, 15) is 9.59 Å². The number of amides is 1. The number of carbonyl (C=O) groups excluding carboxylic acids is 1. The lowest BCUT2D eigenvalue weighted by Crippen LogP contribution is -2.32. The number of para-hydroxylation sites is 1. The predicted molar refractivity (Wildman–Crippen MR) is 96.8 cm³/mol. The van der Waals surface area contributed by atoms with E-state index < -0.39 is 0 Å². The Morgan fingerprint density at radius 1 is 1.31 bits per heavy atom. The molecule has 0 bridgehead atoms. The van der Waals surface area contributed by atoms with Crippen LogP contribution in [0.2, 0.25) is 0 Å². The van der Waals surface area contributed by atoms with Crippen LogP contribution >= 0.6 is 11.5 Å². The number of nitrogens with zero attached hydrogens (tertiary/aromatic N) is 5. The standard InChI is InChI=1S/C17H18N6O2S/c1-11-14(26-21-19-11)16(24)18-9-10-22-17(25)23(13-5-3-2-4-6-13)15(20-22)12-7-8-12/h2-6,12H,7-10H2,1H3,(H,18,24). The molecule has 26 heavy (non-hydrogen) atoms. The van der Waals surface area contributed by atoms with E-state index in [1.54, 1.807) is 11.5 Å². The van der Waals surface area contributed by atoms with Crippen LogP contribution in [0.1, 0.15) is 39.9 Å². The van der Waals surface area contributed by atoms with Gasteiger partial charge < -0.3 is 5.32 Å². The second-order valence-corrected chi connectivity index (χ2v) is 7.01. The zero-order chi connectivity index (χ0) is 18.1. The smallest absolute Gasteiger partial charge is 0.349 e. The minimum absolute atomic E-state index is 0.178. The molecule has 9 heteroatoms. The monoisotopic (exact) mass is 370 g/mol. The van der Waals surface area contributed by atoms with Crippen LogP contribution in [-0.4, -0.2) is 36.4 Å². The highest BCUT2D eigenvalue weighted by atomic mass is 32.1. The van der Waals surface area contributed by atoms with Gasteiger partial charge in [-0.3, -0.25) is 4.79 Å². The molecule has 0 atom stereocenters. The van der Waals surface area contributed by atoms with Crippen LogP contribution in [0.15, 0.2) is 35.1 Å². The van der Waals surface area contributed by atoms with Crippen LogP contribution in [0.5, 0.6) is 0 Å². The zero-order valence-electron chi connectivity index (χ0n) is 14.3. The molecule has 0 radical (unpaired) electrons. The van der Waals surface area contributed by atoms with E-state index in [2.05, 4.69) is 20.0 Å². The number of rotatable bonds is 6. The van der Waals surface area contributed by atoms with Gasteiger partial charge in [0.15, 0.2) is 0 Å². The first-order valence-corrected chi connectivity index (χ1v) is 9.25. The van der Waals surface area contributed by atoms with Crippen molar-refractivity contribution in [1.82, 2.24) is 29.3 Å². The Balaban J connectivity index is 1.52. The molecule has 1 saturated carbocycles. The zero-order valence-corrected chi connectivity index (χ0v) is 15.1. The number of nitrogens with one attached hydrogen (secondary N) is 1. The van der Waals surface area contributed by atoms with Crippen molar-refractivity contribution in [1.29, 1.82) is 0 Å². The molecule has 2 heterocycles. The molecule has 8 nitrogen and oxygen atoms in total. The van der Waals surface area contributed by atoms with E-state index in [4.69, 9.17) is 0 Å². The van der Waals surface area contributed by atoms with E-state index in [1.807, 2.05) is 30.3 Å². The topological polar surface area (TPSA) is 94.7 Å². The fraction of sp³-hybridized carbons (Fsp3) is 0.353. The number of aromatic nitrogens is 5. The summed E-state index contributed by atoms with van der Waals surface area (Å²) in [6, 6.07) is 9.53. The fourth-order valence-electron chi connectivity index (χ4n) is 2.79. The van der Waals surface area contributed by atoms with Crippen molar-refractivity contribution in [3.05, 3.63) is 57.2 Å². The van der Waals surface area contributed by atoms with Gasteiger partial charge in [-0.15, -0.1) is 5.10 Å². The van der Waals surface area contributed by atoms with Crippen molar-refractivity contribution < 1.29 is 4.79 Å². The Morgan fingerprint density at radius 3 is 2.73 bits per heavy atom. The number of aryl methyl sites for hydroxylation is 1. The van der Waals surface area contributed by atoms with Crippen molar-refractivity contribution in [2.75, 3.05) is 6.54 Å². The summed E-state index contributed by atoms with van der Waals surface area (Å²) in [5.41, 5.74) is 1.25. The number of hydrogen-bond acceptors (Lipinski definition) is 6. The maximum Gasteiger partial charge on any atom is 0.350 e. The highest BCUT2D eigenvalue weighted by molar-refractivity contribution is 7.07. The Hall–Kier alpha value is -2.81. The Labute approximate surface area is 153 Å². The number of hydrogen-bond donors (Lipinski definition) is 1. The summed E-state index contributed by atoms with van der Waals surface area (Å²) in [4.78, 5) is 25.4. The second kappa shape index (κ2) is 6.83. The molecule has 0 spiro atoms. The molecule has 4 rings (SSSR count). The van der Waals surface area contributed by atoms with Crippen LogP contribution in [0.25, 0.3) is 5.69 Å². The van der Waals surface area contributed by atoms with Gasteiger partial charge in [-0.25, -0.2) is 14.0 Å². The van der Waals surface area contributed by atoms with Crippen LogP contribution in [0.4, 0.5) is 0 Å². The Morgan fingerprint density at radius 2 is 2.08 bits per heavy atom. The lowest BCUT2D eigenvalue weighted by atomic mass is 10.3. The van der Waals surface area contributed by atoms with Crippen molar-refractivity contribution in [3.63, 3.8) is 0 Å². The molecule has 0 aliphatic heterocycles. The molecular formula is C17H18N6O2S. The largest absolute Gasteiger partial charge is 0.350 e. The van der Waals surface area contributed by atoms with Crippen LogP contribution in [0, 0.1) is 6.92 Å². The lowest BCUT2D eigenvalue weighted by Gasteiger charge is -2.04. The minimum Gasteiger partial charge on any atom is -0.349 e. The summed E-state index contributed by atoms with van der Waals surface area (Å²) in [7, 11) is 0. The highest BCUT2D eigenvalue weighted by Crippen LogP contribution is 2.39. The fourth-order valence-corrected chi connectivity index (χ4v) is 3.36. The quantitative estimate of drug-likeness (QED) is 0.710. The highest BCUT2D eigenvalue weighted by Gasteiger charge is 2.31. The van der Waals surface area contributed by atoms with Gasteiger partial charge in [0.05, 0.1) is 17.9 Å². The molecule has 1 aliphatic carbocycles. The van der Waals surface area contributed by atoms with E-state index in [-0.39, 0.29) is 11.6 Å². The Kier molecular flexibility index (Phi) is 4.37.